The molecule has 0 saturated heterocycles. The molecule has 0 aliphatic rings. The van der Waals surface area contributed by atoms with Crippen LogP contribution in [0, 0.1) is 0 Å². The fourth-order valence-electron chi connectivity index (χ4n) is 0. The maximum absolute atomic E-state index is 0. The predicted molar refractivity (Wildman–Crippen MR) is 13.6 cm³/mol. The molecular formula is Al2O3Y2. The summed E-state index contributed by atoms with van der Waals surface area (Å²) < 4.78 is 0. The van der Waals surface area contributed by atoms with Crippen LogP contribution in [0.15, 0.2) is 0 Å². The molecule has 0 bridgehead atoms. The molecule has 3 nitrogen and oxygen atoms in total. The molecule has 0 aromatic rings. The fraction of sp³-hybridized carbons (Fsp3) is 0. The monoisotopic (exact) mass is 280 g/mol. The van der Waals surface area contributed by atoms with Gasteiger partial charge in [0.1, 0.15) is 0 Å². The van der Waals surface area contributed by atoms with E-state index < -0.39 is 0 Å². The zero-order valence-electron chi connectivity index (χ0n) is 3.53. The van der Waals surface area contributed by atoms with Gasteiger partial charge in [-0.15, -0.1) is 0 Å². The van der Waals surface area contributed by atoms with E-state index in [2.05, 4.69) is 0 Å². The van der Waals surface area contributed by atoms with Gasteiger partial charge < -0.3 is 16.4 Å². The molecule has 0 aliphatic heterocycles. The molecule has 30 valence electrons. The third-order valence-electron chi connectivity index (χ3n) is 0. The van der Waals surface area contributed by atoms with E-state index in [1.807, 2.05) is 0 Å². The van der Waals surface area contributed by atoms with E-state index in [1.54, 1.807) is 0 Å². The van der Waals surface area contributed by atoms with Crippen molar-refractivity contribution in [1.82, 2.24) is 0 Å². The van der Waals surface area contributed by atoms with Crippen molar-refractivity contribution in [3.8, 4) is 0 Å². The minimum Gasteiger partial charge on any atom is -2.00 e. The number of hydrogen-bond acceptors (Lipinski definition) is 0. The van der Waals surface area contributed by atoms with Gasteiger partial charge in [0.25, 0.3) is 0 Å². The Labute approximate surface area is 114 Å². The van der Waals surface area contributed by atoms with E-state index in [-0.39, 0.29) is 117 Å². The van der Waals surface area contributed by atoms with Crippen LogP contribution in [-0.4, -0.2) is 34.7 Å². The average molecular weight is 280 g/mol. The molecule has 0 amide bonds. The summed E-state index contributed by atoms with van der Waals surface area (Å²) in [6.07, 6.45) is 0. The van der Waals surface area contributed by atoms with Crippen molar-refractivity contribution < 1.29 is 81.8 Å². The van der Waals surface area contributed by atoms with Crippen LogP contribution < -0.4 is 0 Å². The Morgan fingerprint density at radius 1 is 0.429 bits per heavy atom. The Bertz CT molecular complexity index is 10.9. The van der Waals surface area contributed by atoms with Crippen LogP contribution in [0.1, 0.15) is 0 Å². The van der Waals surface area contributed by atoms with E-state index in [0.717, 1.165) is 0 Å². The molecule has 0 unspecified atom stereocenters. The number of hydrogen-bond donors (Lipinski definition) is 0. The summed E-state index contributed by atoms with van der Waals surface area (Å²) in [5, 5.41) is 0. The molecule has 0 heterocycles. The van der Waals surface area contributed by atoms with Gasteiger partial charge in [-0.1, -0.05) is 0 Å². The van der Waals surface area contributed by atoms with Gasteiger partial charge in [0.05, 0.1) is 0 Å². The average Bonchev–Trinajstić information content (AvgIpc) is 0. The van der Waals surface area contributed by atoms with E-state index >= 15 is 0 Å². The van der Waals surface area contributed by atoms with Crippen molar-refractivity contribution in [3.05, 3.63) is 0 Å². The van der Waals surface area contributed by atoms with Crippen LogP contribution in [0.2, 0.25) is 0 Å². The molecule has 0 N–H and O–H groups in total. The second-order valence-corrected chi connectivity index (χ2v) is 0. The normalized spacial score (nSPS) is 0. The van der Waals surface area contributed by atoms with Crippen molar-refractivity contribution in [1.29, 1.82) is 0 Å². The molecule has 7 heteroatoms. The smallest absolute Gasteiger partial charge is 2.00 e. The zero-order valence-corrected chi connectivity index (χ0v) is 11.5. The third kappa shape index (κ3) is 47.1. The molecule has 0 aromatic carbocycles. The summed E-state index contributed by atoms with van der Waals surface area (Å²) >= 11 is 0. The minimum atomic E-state index is 0. The first-order valence-corrected chi connectivity index (χ1v) is 0. The van der Waals surface area contributed by atoms with Crippen LogP contribution in [0.3, 0.4) is 0 Å². The van der Waals surface area contributed by atoms with Crippen molar-refractivity contribution in [2.75, 3.05) is 0 Å². The van der Waals surface area contributed by atoms with E-state index in [4.69, 9.17) is 0 Å². The van der Waals surface area contributed by atoms with Gasteiger partial charge in [-0.2, -0.15) is 0 Å². The van der Waals surface area contributed by atoms with Crippen LogP contribution in [0.25, 0.3) is 0 Å². The summed E-state index contributed by atoms with van der Waals surface area (Å²) in [5.74, 6) is 0. The molecular weight excluding hydrogens is 280 g/mol. The van der Waals surface area contributed by atoms with E-state index in [9.17, 15) is 0 Å². The van der Waals surface area contributed by atoms with E-state index in [0.29, 0.717) is 0 Å². The van der Waals surface area contributed by atoms with Gasteiger partial charge in [-0.05, 0) is 0 Å². The van der Waals surface area contributed by atoms with Crippen molar-refractivity contribution in [2.24, 2.45) is 0 Å². The summed E-state index contributed by atoms with van der Waals surface area (Å²) in [6.45, 7) is 0. The summed E-state index contributed by atoms with van der Waals surface area (Å²) in [6, 6.07) is 0. The minimum absolute atomic E-state index is 0. The summed E-state index contributed by atoms with van der Waals surface area (Å²) in [4.78, 5) is 0. The Balaban J connectivity index is 0. The Morgan fingerprint density at radius 3 is 0.429 bits per heavy atom. The third-order valence-corrected chi connectivity index (χ3v) is 0. The topological polar surface area (TPSA) is 85.5 Å². The first-order chi connectivity index (χ1) is 0. The SMILES string of the molecule is [Al].[Al].[O-2].[O-2].[O-2].[Y+3].[Y+3]. The van der Waals surface area contributed by atoms with Crippen LogP contribution in [0.5, 0.6) is 0 Å². The molecule has 0 fully saturated rings. The standard InChI is InChI=1S/2Al.3O.2Y/q;;3*-2;2*+3. The Morgan fingerprint density at radius 2 is 0.429 bits per heavy atom. The maximum Gasteiger partial charge on any atom is 3.00 e. The summed E-state index contributed by atoms with van der Waals surface area (Å²) in [5.41, 5.74) is 0. The van der Waals surface area contributed by atoms with Gasteiger partial charge in [0, 0.05) is 34.7 Å². The van der Waals surface area contributed by atoms with Crippen LogP contribution in [-0.2, 0) is 81.8 Å². The number of rotatable bonds is 0. The quantitative estimate of drug-likeness (QED) is 0.503. The second-order valence-electron chi connectivity index (χ2n) is 0. The molecule has 7 heavy (non-hydrogen) atoms. The van der Waals surface area contributed by atoms with Crippen LogP contribution in [0.4, 0.5) is 0 Å². The Hall–Kier alpha value is 3.15. The van der Waals surface area contributed by atoms with Gasteiger partial charge in [0.2, 0.25) is 0 Å². The largest absolute Gasteiger partial charge is 3.00 e. The Kier molecular flexibility index (Phi) is 748. The molecule has 0 spiro atoms. The first kappa shape index (κ1) is 85.6. The van der Waals surface area contributed by atoms with Gasteiger partial charge in [-0.3, -0.25) is 0 Å². The molecule has 0 saturated carbocycles. The molecule has 0 aliphatic carbocycles. The van der Waals surface area contributed by atoms with Gasteiger partial charge >= 0.3 is 65.4 Å². The molecule has 6 radical (unpaired) electrons. The van der Waals surface area contributed by atoms with Crippen LogP contribution >= 0.6 is 0 Å². The fourth-order valence-corrected chi connectivity index (χ4v) is 0. The van der Waals surface area contributed by atoms with Gasteiger partial charge in [-0.25, -0.2) is 0 Å². The van der Waals surface area contributed by atoms with Gasteiger partial charge in [0.15, 0.2) is 0 Å². The van der Waals surface area contributed by atoms with Crippen molar-refractivity contribution in [3.63, 3.8) is 0 Å². The molecule has 0 aromatic heterocycles. The predicted octanol–water partition coefficient (Wildman–Crippen LogP) is -1.12. The van der Waals surface area contributed by atoms with Crippen molar-refractivity contribution >= 4 is 34.7 Å². The zero-order chi connectivity index (χ0) is 0. The van der Waals surface area contributed by atoms with Crippen molar-refractivity contribution in [2.45, 2.75) is 0 Å². The first-order valence-electron chi connectivity index (χ1n) is 0. The van der Waals surface area contributed by atoms with E-state index in [1.165, 1.54) is 0 Å². The second kappa shape index (κ2) is 61.2. The maximum atomic E-state index is 0. The summed E-state index contributed by atoms with van der Waals surface area (Å²) in [7, 11) is 0. The molecule has 0 rings (SSSR count). The molecule has 0 atom stereocenters.